The van der Waals surface area contributed by atoms with Gasteiger partial charge in [-0.1, -0.05) is 25.1 Å². The fourth-order valence-corrected chi connectivity index (χ4v) is 1.79. The Labute approximate surface area is 100 Å². The van der Waals surface area contributed by atoms with Crippen LogP contribution in [0.2, 0.25) is 0 Å². The van der Waals surface area contributed by atoms with E-state index in [0.717, 1.165) is 22.3 Å². The smallest absolute Gasteiger partial charge is 0.228 e. The molecule has 17 heavy (non-hydrogen) atoms. The average molecular weight is 231 g/mol. The second-order valence-electron chi connectivity index (χ2n) is 4.30. The lowest BCUT2D eigenvalue weighted by Crippen LogP contribution is -2.26. The molecule has 0 saturated heterocycles. The van der Waals surface area contributed by atoms with E-state index in [-0.39, 0.29) is 11.8 Å². The van der Waals surface area contributed by atoms with E-state index in [2.05, 4.69) is 10.3 Å². The first-order valence-electron chi connectivity index (χ1n) is 5.71. The molecule has 1 unspecified atom stereocenters. The zero-order valence-electron chi connectivity index (χ0n) is 10.1. The minimum Gasteiger partial charge on any atom is -0.357 e. The van der Waals surface area contributed by atoms with Crippen molar-refractivity contribution in [3.63, 3.8) is 0 Å². The second kappa shape index (κ2) is 4.59. The number of aromatic nitrogens is 1. The van der Waals surface area contributed by atoms with Crippen molar-refractivity contribution in [2.75, 3.05) is 11.9 Å². The number of rotatable bonds is 3. The van der Waals surface area contributed by atoms with Gasteiger partial charge >= 0.3 is 0 Å². The van der Waals surface area contributed by atoms with Crippen molar-refractivity contribution in [3.8, 4) is 0 Å². The third-order valence-electron chi connectivity index (χ3n) is 2.94. The van der Waals surface area contributed by atoms with E-state index in [1.54, 1.807) is 0 Å². The zero-order chi connectivity index (χ0) is 12.4. The summed E-state index contributed by atoms with van der Waals surface area (Å²) in [5.74, 6) is -0.219. The number of anilines is 1. The van der Waals surface area contributed by atoms with E-state index in [0.29, 0.717) is 6.54 Å². The van der Waals surface area contributed by atoms with E-state index < -0.39 is 0 Å². The maximum absolute atomic E-state index is 11.8. The molecule has 1 aromatic heterocycles. The molecule has 0 fully saturated rings. The predicted octanol–water partition coefficient (Wildman–Crippen LogP) is 2.01. The van der Waals surface area contributed by atoms with Crippen molar-refractivity contribution in [1.82, 2.24) is 4.98 Å². The molecule has 1 atom stereocenters. The van der Waals surface area contributed by atoms with Gasteiger partial charge in [0, 0.05) is 29.1 Å². The van der Waals surface area contributed by atoms with E-state index in [4.69, 9.17) is 5.73 Å². The van der Waals surface area contributed by atoms with Gasteiger partial charge in [-0.15, -0.1) is 0 Å². The normalized spacial score (nSPS) is 12.6. The Balaban J connectivity index is 2.35. The van der Waals surface area contributed by atoms with Gasteiger partial charge in [-0.25, -0.2) is 0 Å². The number of aromatic amines is 1. The molecule has 0 spiro atoms. The summed E-state index contributed by atoms with van der Waals surface area (Å²) in [6.45, 7) is 4.12. The fraction of sp³-hybridized carbons (Fsp3) is 0.308. The number of para-hydroxylation sites is 1. The van der Waals surface area contributed by atoms with Crippen LogP contribution in [0.1, 0.15) is 12.6 Å². The van der Waals surface area contributed by atoms with Gasteiger partial charge in [0.05, 0.1) is 5.69 Å². The van der Waals surface area contributed by atoms with Gasteiger partial charge in [0.25, 0.3) is 0 Å². The molecule has 0 aliphatic heterocycles. The summed E-state index contributed by atoms with van der Waals surface area (Å²) in [5, 5.41) is 3.96. The minimum atomic E-state index is -0.178. The molecular weight excluding hydrogens is 214 g/mol. The Morgan fingerprint density at radius 2 is 2.18 bits per heavy atom. The second-order valence-corrected chi connectivity index (χ2v) is 4.30. The summed E-state index contributed by atoms with van der Waals surface area (Å²) >= 11 is 0. The highest BCUT2D eigenvalue weighted by Crippen LogP contribution is 2.27. The van der Waals surface area contributed by atoms with Crippen molar-refractivity contribution in [2.45, 2.75) is 13.8 Å². The summed E-state index contributed by atoms with van der Waals surface area (Å²) in [7, 11) is 0. The number of nitrogens with two attached hydrogens (primary N) is 1. The van der Waals surface area contributed by atoms with E-state index in [9.17, 15) is 4.79 Å². The Bertz CT molecular complexity index is 545. The van der Waals surface area contributed by atoms with Crippen molar-refractivity contribution in [1.29, 1.82) is 0 Å². The Hall–Kier alpha value is -1.81. The Morgan fingerprint density at radius 3 is 2.88 bits per heavy atom. The molecule has 4 heteroatoms. The van der Waals surface area contributed by atoms with Crippen LogP contribution in [0.25, 0.3) is 10.9 Å². The lowest BCUT2D eigenvalue weighted by Gasteiger charge is -2.09. The molecule has 90 valence electrons. The minimum absolute atomic E-state index is 0.0413. The first-order chi connectivity index (χ1) is 8.13. The number of hydrogen-bond acceptors (Lipinski definition) is 2. The van der Waals surface area contributed by atoms with Crippen LogP contribution in [-0.4, -0.2) is 17.4 Å². The van der Waals surface area contributed by atoms with Crippen LogP contribution in [0.4, 0.5) is 5.69 Å². The van der Waals surface area contributed by atoms with Crippen LogP contribution >= 0.6 is 0 Å². The van der Waals surface area contributed by atoms with Gasteiger partial charge in [0.1, 0.15) is 0 Å². The molecule has 0 saturated carbocycles. The van der Waals surface area contributed by atoms with Gasteiger partial charge in [-0.3, -0.25) is 4.79 Å². The third kappa shape index (κ3) is 2.17. The maximum atomic E-state index is 11.8. The van der Waals surface area contributed by atoms with Crippen LogP contribution in [-0.2, 0) is 4.79 Å². The molecule has 1 amide bonds. The molecule has 0 aliphatic carbocycles. The number of amides is 1. The molecule has 0 aliphatic rings. The number of hydrogen-bond donors (Lipinski definition) is 3. The lowest BCUT2D eigenvalue weighted by atomic mass is 10.1. The van der Waals surface area contributed by atoms with Crippen LogP contribution in [0.3, 0.4) is 0 Å². The topological polar surface area (TPSA) is 70.9 Å². The molecular formula is C13H17N3O. The number of benzene rings is 1. The highest BCUT2D eigenvalue weighted by atomic mass is 16.1. The Morgan fingerprint density at radius 1 is 1.47 bits per heavy atom. The highest BCUT2D eigenvalue weighted by Gasteiger charge is 2.15. The van der Waals surface area contributed by atoms with Gasteiger partial charge in [-0.2, -0.15) is 0 Å². The number of carbonyl (C=O) groups excluding carboxylic acids is 1. The van der Waals surface area contributed by atoms with Gasteiger partial charge in [-0.05, 0) is 13.0 Å². The van der Waals surface area contributed by atoms with Crippen molar-refractivity contribution in [3.05, 3.63) is 30.0 Å². The van der Waals surface area contributed by atoms with Crippen LogP contribution in [0.5, 0.6) is 0 Å². The summed E-state index contributed by atoms with van der Waals surface area (Å²) in [6, 6.07) is 7.90. The van der Waals surface area contributed by atoms with Gasteiger partial charge in [0.15, 0.2) is 0 Å². The lowest BCUT2D eigenvalue weighted by molar-refractivity contribution is -0.119. The number of fused-ring (bicyclic) bond motifs is 1. The largest absolute Gasteiger partial charge is 0.357 e. The summed E-state index contributed by atoms with van der Waals surface area (Å²) in [4.78, 5) is 15.1. The van der Waals surface area contributed by atoms with Gasteiger partial charge < -0.3 is 16.0 Å². The average Bonchev–Trinajstić information content (AvgIpc) is 2.65. The van der Waals surface area contributed by atoms with Crippen LogP contribution in [0.15, 0.2) is 24.3 Å². The summed E-state index contributed by atoms with van der Waals surface area (Å²) in [5.41, 5.74) is 8.33. The summed E-state index contributed by atoms with van der Waals surface area (Å²) < 4.78 is 0. The monoisotopic (exact) mass is 231 g/mol. The third-order valence-corrected chi connectivity index (χ3v) is 2.94. The highest BCUT2D eigenvalue weighted by molar-refractivity contribution is 6.03. The quantitative estimate of drug-likeness (QED) is 0.756. The number of aryl methyl sites for hydroxylation is 1. The molecule has 4 N–H and O–H groups in total. The van der Waals surface area contributed by atoms with E-state index in [1.807, 2.05) is 38.1 Å². The molecule has 2 aromatic rings. The summed E-state index contributed by atoms with van der Waals surface area (Å²) in [6.07, 6.45) is 0. The van der Waals surface area contributed by atoms with Crippen molar-refractivity contribution < 1.29 is 4.79 Å². The fourth-order valence-electron chi connectivity index (χ4n) is 1.79. The van der Waals surface area contributed by atoms with Gasteiger partial charge in [0.2, 0.25) is 5.91 Å². The maximum Gasteiger partial charge on any atom is 0.228 e. The first kappa shape index (κ1) is 11.7. The van der Waals surface area contributed by atoms with E-state index in [1.165, 1.54) is 0 Å². The zero-order valence-corrected chi connectivity index (χ0v) is 10.1. The molecule has 1 aromatic carbocycles. The molecule has 2 rings (SSSR count). The predicted molar refractivity (Wildman–Crippen MR) is 69.9 cm³/mol. The number of nitrogens with one attached hydrogen (secondary N) is 2. The molecule has 4 nitrogen and oxygen atoms in total. The van der Waals surface area contributed by atoms with Crippen LogP contribution in [0, 0.1) is 12.8 Å². The molecule has 0 bridgehead atoms. The molecule has 1 heterocycles. The Kier molecular flexibility index (Phi) is 3.15. The standard InChI is InChI=1S/C13H17N3O/c1-8(7-14)13(17)16-12-9(2)15-11-6-4-3-5-10(11)12/h3-6,8,15H,7,14H2,1-2H3,(H,16,17). The molecule has 0 radical (unpaired) electrons. The van der Waals surface area contributed by atoms with Crippen LogP contribution < -0.4 is 11.1 Å². The number of H-pyrrole nitrogens is 1. The van der Waals surface area contributed by atoms with Crippen molar-refractivity contribution in [2.24, 2.45) is 11.7 Å². The number of carbonyl (C=O) groups is 1. The van der Waals surface area contributed by atoms with E-state index >= 15 is 0 Å². The first-order valence-corrected chi connectivity index (χ1v) is 5.71. The van der Waals surface area contributed by atoms with Crippen molar-refractivity contribution >= 4 is 22.5 Å². The SMILES string of the molecule is Cc1[nH]c2ccccc2c1NC(=O)C(C)CN.